The number of benzene rings is 3. The van der Waals surface area contributed by atoms with Gasteiger partial charge in [-0.3, -0.25) is 4.79 Å². The Kier molecular flexibility index (Phi) is 9.26. The first-order chi connectivity index (χ1) is 16.7. The van der Waals surface area contributed by atoms with Crippen molar-refractivity contribution < 1.29 is 14.3 Å². The lowest BCUT2D eigenvalue weighted by Crippen LogP contribution is -2.14. The van der Waals surface area contributed by atoms with Gasteiger partial charge in [-0.1, -0.05) is 29.3 Å². The molecule has 3 rings (SSSR count). The van der Waals surface area contributed by atoms with Crippen LogP contribution in [0.25, 0.3) is 6.08 Å². The van der Waals surface area contributed by atoms with Crippen molar-refractivity contribution in [3.05, 3.63) is 84.9 Å². The summed E-state index contributed by atoms with van der Waals surface area (Å²) in [5, 5.41) is 13.4. The summed E-state index contributed by atoms with van der Waals surface area (Å²) in [5.41, 5.74) is 2.96. The molecule has 0 radical (unpaired) electrons. The number of nitrogens with one attached hydrogen (secondary N) is 1. The van der Waals surface area contributed by atoms with Crippen LogP contribution < -0.4 is 19.7 Å². The highest BCUT2D eigenvalue weighted by molar-refractivity contribution is 14.1. The molecule has 0 atom stereocenters. The molecule has 0 spiro atoms. The van der Waals surface area contributed by atoms with E-state index in [0.717, 1.165) is 14.8 Å². The molecular formula is C26H22Cl2IN3O3. The summed E-state index contributed by atoms with van der Waals surface area (Å²) in [6, 6.07) is 18.0. The van der Waals surface area contributed by atoms with E-state index in [1.807, 2.05) is 37.2 Å². The number of methoxy groups -OCH3 is 1. The summed E-state index contributed by atoms with van der Waals surface area (Å²) in [4.78, 5) is 14.7. The molecule has 0 saturated heterocycles. The van der Waals surface area contributed by atoms with Crippen LogP contribution in [0, 0.1) is 14.9 Å². The Hall–Kier alpha value is -2.93. The number of carbonyl (C=O) groups excluding carboxylic acids is 1. The van der Waals surface area contributed by atoms with Crippen molar-refractivity contribution >= 4 is 69.2 Å². The number of hydrogen-bond donors (Lipinski definition) is 1. The lowest BCUT2D eigenvalue weighted by atomic mass is 10.1. The van der Waals surface area contributed by atoms with Crippen LogP contribution in [0.1, 0.15) is 11.1 Å². The first kappa shape index (κ1) is 26.7. The maximum absolute atomic E-state index is 12.7. The molecule has 9 heteroatoms. The summed E-state index contributed by atoms with van der Waals surface area (Å²) in [7, 11) is 5.39. The van der Waals surface area contributed by atoms with Gasteiger partial charge in [-0.25, -0.2) is 0 Å². The zero-order valence-corrected chi connectivity index (χ0v) is 22.9. The third-order valence-electron chi connectivity index (χ3n) is 4.96. The molecule has 0 aliphatic rings. The van der Waals surface area contributed by atoms with Crippen LogP contribution in [0.15, 0.2) is 60.2 Å². The van der Waals surface area contributed by atoms with E-state index in [4.69, 9.17) is 32.7 Å². The monoisotopic (exact) mass is 621 g/mol. The molecule has 0 aliphatic carbocycles. The minimum atomic E-state index is -0.503. The maximum Gasteiger partial charge on any atom is 0.266 e. The number of rotatable bonds is 8. The molecule has 0 saturated carbocycles. The summed E-state index contributed by atoms with van der Waals surface area (Å²) < 4.78 is 12.2. The van der Waals surface area contributed by atoms with Gasteiger partial charge in [0.05, 0.1) is 10.7 Å². The normalized spacial score (nSPS) is 10.9. The number of nitriles is 1. The van der Waals surface area contributed by atoms with Gasteiger partial charge in [0.2, 0.25) is 0 Å². The predicted molar refractivity (Wildman–Crippen MR) is 149 cm³/mol. The third-order valence-corrected chi connectivity index (χ3v) is 6.34. The average molecular weight is 622 g/mol. The van der Waals surface area contributed by atoms with E-state index in [-0.39, 0.29) is 12.2 Å². The Bertz CT molecular complexity index is 1300. The van der Waals surface area contributed by atoms with Crippen LogP contribution >= 0.6 is 45.8 Å². The van der Waals surface area contributed by atoms with Crippen molar-refractivity contribution in [3.8, 4) is 17.6 Å². The largest absolute Gasteiger partial charge is 0.493 e. The van der Waals surface area contributed by atoms with Gasteiger partial charge in [-0.05, 0) is 82.8 Å². The van der Waals surface area contributed by atoms with E-state index >= 15 is 0 Å². The lowest BCUT2D eigenvalue weighted by molar-refractivity contribution is -0.112. The molecule has 3 aromatic rings. The highest BCUT2D eigenvalue weighted by atomic mass is 127. The second-order valence-electron chi connectivity index (χ2n) is 7.62. The van der Waals surface area contributed by atoms with E-state index in [9.17, 15) is 10.1 Å². The van der Waals surface area contributed by atoms with Gasteiger partial charge < -0.3 is 19.7 Å². The van der Waals surface area contributed by atoms with Crippen LogP contribution in [-0.4, -0.2) is 27.1 Å². The average Bonchev–Trinajstić information content (AvgIpc) is 2.82. The highest BCUT2D eigenvalue weighted by Crippen LogP contribution is 2.36. The molecular weight excluding hydrogens is 600 g/mol. The second kappa shape index (κ2) is 12.2. The summed E-state index contributed by atoms with van der Waals surface area (Å²) >= 11 is 14.3. The Balaban J connectivity index is 1.80. The molecule has 0 unspecified atom stereocenters. The number of ether oxygens (including phenoxy) is 2. The van der Waals surface area contributed by atoms with Crippen LogP contribution in [-0.2, 0) is 11.4 Å². The quantitative estimate of drug-likeness (QED) is 0.170. The topological polar surface area (TPSA) is 74.6 Å². The summed E-state index contributed by atoms with van der Waals surface area (Å²) in [6.45, 7) is 0.218. The standard InChI is InChI=1S/C26H22Cl2IN3O3/c1-32(2)21-8-6-20(7-9-21)31-26(33)18(14-30)10-16-11-23(29)25(24(12-16)34-3)35-15-17-4-5-19(27)13-22(17)28/h4-13H,15H2,1-3H3,(H,31,33)/b18-10-. The molecule has 1 amide bonds. The molecule has 6 nitrogen and oxygen atoms in total. The number of carbonyl (C=O) groups is 1. The molecule has 35 heavy (non-hydrogen) atoms. The third kappa shape index (κ3) is 7.04. The van der Waals surface area contributed by atoms with Crippen molar-refractivity contribution in [2.24, 2.45) is 0 Å². The summed E-state index contributed by atoms with van der Waals surface area (Å²) in [6.07, 6.45) is 1.51. The minimum Gasteiger partial charge on any atom is -0.493 e. The molecule has 0 heterocycles. The van der Waals surface area contributed by atoms with E-state index in [2.05, 4.69) is 27.9 Å². The molecule has 0 bridgehead atoms. The van der Waals surface area contributed by atoms with Crippen molar-refractivity contribution in [2.45, 2.75) is 6.61 Å². The Morgan fingerprint density at radius 1 is 1.14 bits per heavy atom. The molecule has 1 N–H and O–H groups in total. The fourth-order valence-electron chi connectivity index (χ4n) is 3.11. The van der Waals surface area contributed by atoms with Gasteiger partial charge in [0.15, 0.2) is 11.5 Å². The van der Waals surface area contributed by atoms with E-state index in [1.165, 1.54) is 13.2 Å². The van der Waals surface area contributed by atoms with Crippen LogP contribution in [0.5, 0.6) is 11.5 Å². The number of halogens is 3. The zero-order valence-electron chi connectivity index (χ0n) is 19.2. The number of amides is 1. The first-order valence-corrected chi connectivity index (χ1v) is 12.2. The van der Waals surface area contributed by atoms with Crippen molar-refractivity contribution in [3.63, 3.8) is 0 Å². The van der Waals surface area contributed by atoms with Crippen molar-refractivity contribution in [1.29, 1.82) is 5.26 Å². The minimum absolute atomic E-state index is 0.0406. The zero-order chi connectivity index (χ0) is 25.5. The first-order valence-electron chi connectivity index (χ1n) is 10.4. The number of hydrogen-bond acceptors (Lipinski definition) is 5. The second-order valence-corrected chi connectivity index (χ2v) is 9.63. The number of nitrogens with zero attached hydrogens (tertiary/aromatic N) is 2. The summed E-state index contributed by atoms with van der Waals surface area (Å²) in [5.74, 6) is 0.488. The van der Waals surface area contributed by atoms with Crippen LogP contribution in [0.3, 0.4) is 0 Å². The molecule has 0 fully saturated rings. The van der Waals surface area contributed by atoms with Crippen LogP contribution in [0.4, 0.5) is 11.4 Å². The predicted octanol–water partition coefficient (Wildman–Crippen LogP) is 6.80. The van der Waals surface area contributed by atoms with E-state index < -0.39 is 5.91 Å². The highest BCUT2D eigenvalue weighted by Gasteiger charge is 2.15. The van der Waals surface area contributed by atoms with Gasteiger partial charge in [-0.15, -0.1) is 0 Å². The smallest absolute Gasteiger partial charge is 0.266 e. The Morgan fingerprint density at radius 2 is 1.86 bits per heavy atom. The van der Waals surface area contributed by atoms with Gasteiger partial charge in [0, 0.05) is 41.1 Å². The van der Waals surface area contributed by atoms with Crippen molar-refractivity contribution in [2.75, 3.05) is 31.4 Å². The van der Waals surface area contributed by atoms with Gasteiger partial charge in [0.25, 0.3) is 5.91 Å². The van der Waals surface area contributed by atoms with Gasteiger partial charge in [-0.2, -0.15) is 5.26 Å². The molecule has 180 valence electrons. The molecule has 0 aliphatic heterocycles. The lowest BCUT2D eigenvalue weighted by Gasteiger charge is -2.15. The van der Waals surface area contributed by atoms with Crippen molar-refractivity contribution in [1.82, 2.24) is 0 Å². The molecule has 3 aromatic carbocycles. The fraction of sp³-hybridized carbons (Fsp3) is 0.154. The molecule has 0 aromatic heterocycles. The van der Waals surface area contributed by atoms with Crippen LogP contribution in [0.2, 0.25) is 10.0 Å². The van der Waals surface area contributed by atoms with E-state index in [1.54, 1.807) is 42.5 Å². The Morgan fingerprint density at radius 3 is 2.46 bits per heavy atom. The Labute approximate surface area is 228 Å². The number of anilines is 2. The SMILES string of the molecule is COc1cc(/C=C(/C#N)C(=O)Nc2ccc(N(C)C)cc2)cc(I)c1OCc1ccc(Cl)cc1Cl. The van der Waals surface area contributed by atoms with E-state index in [0.29, 0.717) is 32.8 Å². The van der Waals surface area contributed by atoms with Gasteiger partial charge >= 0.3 is 0 Å². The van der Waals surface area contributed by atoms with Gasteiger partial charge in [0.1, 0.15) is 18.2 Å². The fourth-order valence-corrected chi connectivity index (χ4v) is 4.35. The maximum atomic E-state index is 12.7.